The normalized spacial score (nSPS) is 18.0. The third-order valence-corrected chi connectivity index (χ3v) is 24.7. The molecule has 768 valence electrons. The minimum absolute atomic E-state index is 0.0630. The molecule has 0 atom stereocenters. The molecule has 9 aliphatic rings. The van der Waals surface area contributed by atoms with Gasteiger partial charge in [0.25, 0.3) is 0 Å². The van der Waals surface area contributed by atoms with E-state index in [1.807, 2.05) is 77.0 Å². The topological polar surface area (TPSA) is 532 Å². The van der Waals surface area contributed by atoms with Crippen LogP contribution in [0.1, 0.15) is 62.3 Å². The van der Waals surface area contributed by atoms with Crippen molar-refractivity contribution in [2.45, 2.75) is 79.1 Å². The van der Waals surface area contributed by atoms with Crippen LogP contribution in [-0.4, -0.2) is 484 Å². The number of carbonyl (C=O) groups is 3. The Kier molecular flexibility index (Phi) is 33.8. The SMILES string of the molecule is CC(C)(C)OC(=O)N1CCN(c2nc(Cl)nc(N3CCN(c4nc(NCCOCCO)nc(N5CCN(c6nc(N7CCN(c8nc(NCCOCCO)nc(N9CCN(c%10nc(Cl)nc(N%11CCN(C(=O)OC(C)(C)C)CC%11)n%10)CC9)n8)CC7)nc(N7CCN(c8nc(NCCOCCO)nc(N9CCN(c%10nc(Cl)nc(N%11CCN(C(=O)OC(C)(C)C)CC%11)n%10)CC9)n8)CC7)n6)CC5)n4)CC3)n2)CC1. The molecule has 0 aliphatic carbocycles. The van der Waals surface area contributed by atoms with Crippen LogP contribution in [0.4, 0.5) is 121 Å². The maximum Gasteiger partial charge on any atom is 0.410 e. The molecule has 9 aliphatic heterocycles. The largest absolute Gasteiger partial charge is 0.444 e. The first kappa shape index (κ1) is 102. The van der Waals surface area contributed by atoms with Gasteiger partial charge < -0.3 is 148 Å². The quantitative estimate of drug-likeness (QED) is 0.0238. The summed E-state index contributed by atoms with van der Waals surface area (Å²) in [6.45, 7) is 36.2. The van der Waals surface area contributed by atoms with Gasteiger partial charge in [0.05, 0.1) is 59.5 Å². The Morgan fingerprint density at radius 2 is 0.362 bits per heavy atom. The lowest BCUT2D eigenvalue weighted by atomic mass is 10.2. The number of carbonyl (C=O) groups excluding carboxylic acids is 3. The molecule has 6 N–H and O–H groups in total. The van der Waals surface area contributed by atoms with Crippen molar-refractivity contribution in [2.75, 3.05) is 404 Å². The van der Waals surface area contributed by atoms with Crippen LogP contribution >= 0.6 is 34.8 Å². The van der Waals surface area contributed by atoms with Gasteiger partial charge in [-0.25, -0.2) is 14.4 Å². The van der Waals surface area contributed by atoms with Crippen LogP contribution in [0.5, 0.6) is 0 Å². The van der Waals surface area contributed by atoms with Gasteiger partial charge in [0, 0.05) is 255 Å². The number of aliphatic hydroxyl groups is 3. The van der Waals surface area contributed by atoms with E-state index >= 15 is 0 Å². The molecule has 141 heavy (non-hydrogen) atoms. The number of rotatable bonds is 33. The van der Waals surface area contributed by atoms with Crippen molar-refractivity contribution in [3.8, 4) is 0 Å². The maximum atomic E-state index is 12.9. The highest BCUT2D eigenvalue weighted by atomic mass is 35.5. The molecule has 0 spiro atoms. The van der Waals surface area contributed by atoms with Crippen LogP contribution in [0.3, 0.4) is 0 Å². The summed E-state index contributed by atoms with van der Waals surface area (Å²) >= 11 is 19.9. The van der Waals surface area contributed by atoms with Gasteiger partial charge in [0.15, 0.2) is 0 Å². The van der Waals surface area contributed by atoms with Gasteiger partial charge in [-0.05, 0) is 97.1 Å². The predicted octanol–water partition coefficient (Wildman–Crippen LogP) is 0.335. The molecule has 0 radical (unpaired) electrons. The van der Waals surface area contributed by atoms with Crippen molar-refractivity contribution in [2.24, 2.45) is 0 Å². The van der Waals surface area contributed by atoms with Crippen molar-refractivity contribution >= 4 is 160 Å². The van der Waals surface area contributed by atoms with Crippen LogP contribution in [0.2, 0.25) is 15.9 Å². The van der Waals surface area contributed by atoms with E-state index in [0.717, 1.165) is 0 Å². The zero-order chi connectivity index (χ0) is 98.9. The number of aliphatic hydroxyl groups excluding tert-OH is 3. The van der Waals surface area contributed by atoms with Crippen molar-refractivity contribution < 1.29 is 58.1 Å². The Balaban J connectivity index is 0.622. The summed E-state index contributed by atoms with van der Waals surface area (Å²) in [4.78, 5) is 179. The first-order valence-electron chi connectivity index (χ1n) is 48.2. The highest BCUT2D eigenvalue weighted by Crippen LogP contribution is 2.33. The third-order valence-electron chi connectivity index (χ3n) is 24.2. The highest BCUT2D eigenvalue weighted by molar-refractivity contribution is 6.29. The molecule has 9 fully saturated rings. The number of halogens is 3. The Bertz CT molecular complexity index is 4770. The summed E-state index contributed by atoms with van der Waals surface area (Å²) in [5.74, 6) is 8.04. The average molecular weight is 2030 g/mol. The van der Waals surface area contributed by atoms with Gasteiger partial charge in [-0.15, -0.1) is 0 Å². The summed E-state index contributed by atoms with van der Waals surface area (Å²) in [7, 11) is 0. The molecule has 0 aromatic carbocycles. The van der Waals surface area contributed by atoms with Gasteiger partial charge in [0.2, 0.25) is 123 Å². The molecule has 57 heteroatoms. The van der Waals surface area contributed by atoms with E-state index in [9.17, 15) is 29.7 Å². The summed E-state index contributed by atoms with van der Waals surface area (Å²) in [5.41, 5.74) is -1.85. The lowest BCUT2D eigenvalue weighted by Gasteiger charge is -2.39. The van der Waals surface area contributed by atoms with E-state index in [4.69, 9.17) is 138 Å². The second kappa shape index (κ2) is 46.8. The molecular formula is C84H129Cl3N42O12. The Hall–Kier alpha value is -12.1. The number of piperazine rings is 9. The molecule has 9 saturated heterocycles. The van der Waals surface area contributed by atoms with Crippen molar-refractivity contribution in [1.82, 2.24) is 119 Å². The average Bonchev–Trinajstić information content (AvgIpc) is 0.778. The maximum absolute atomic E-state index is 12.9. The molecule has 16 heterocycles. The first-order valence-corrected chi connectivity index (χ1v) is 49.3. The zero-order valence-electron chi connectivity index (χ0n) is 81.5. The van der Waals surface area contributed by atoms with Crippen LogP contribution in [0, 0.1) is 0 Å². The number of anilines is 18. The lowest BCUT2D eigenvalue weighted by Crippen LogP contribution is -2.51. The van der Waals surface area contributed by atoms with Crippen LogP contribution in [0.15, 0.2) is 0 Å². The number of hydrogen-bond donors (Lipinski definition) is 6. The molecule has 0 unspecified atom stereocenters. The van der Waals surface area contributed by atoms with E-state index < -0.39 is 16.8 Å². The summed E-state index contributed by atoms with van der Waals surface area (Å²) in [6, 6.07) is 0. The zero-order valence-corrected chi connectivity index (χ0v) is 83.8. The smallest absolute Gasteiger partial charge is 0.410 e. The van der Waals surface area contributed by atoms with E-state index in [-0.39, 0.29) is 73.8 Å². The van der Waals surface area contributed by atoms with Crippen molar-refractivity contribution in [1.29, 1.82) is 0 Å². The van der Waals surface area contributed by atoms with E-state index in [1.165, 1.54) is 0 Å². The molecule has 7 aromatic rings. The van der Waals surface area contributed by atoms with Gasteiger partial charge in [0.1, 0.15) is 16.8 Å². The van der Waals surface area contributed by atoms with Crippen molar-refractivity contribution in [3.05, 3.63) is 15.9 Å². The summed E-state index contributed by atoms with van der Waals surface area (Å²) < 4.78 is 33.8. The molecular weight excluding hydrogens is 1900 g/mol. The molecule has 0 bridgehead atoms. The first-order chi connectivity index (χ1) is 67.9. The van der Waals surface area contributed by atoms with Gasteiger partial charge in [-0.1, -0.05) is 0 Å². The molecule has 54 nitrogen and oxygen atoms in total. The fourth-order valence-corrected chi connectivity index (χ4v) is 17.3. The molecule has 0 saturated carbocycles. The van der Waals surface area contributed by atoms with Crippen LogP contribution in [0.25, 0.3) is 0 Å². The second-order valence-electron chi connectivity index (χ2n) is 37.6. The van der Waals surface area contributed by atoms with Gasteiger partial charge >= 0.3 is 18.3 Å². The summed E-state index contributed by atoms with van der Waals surface area (Å²) in [5, 5.41) is 38.8. The lowest BCUT2D eigenvalue weighted by molar-refractivity contribution is 0.0229. The minimum atomic E-state index is -0.618. The number of nitrogens with one attached hydrogen (secondary N) is 3. The minimum Gasteiger partial charge on any atom is -0.444 e. The standard InChI is InChI=1S/C84H129Cl3N42O12/c1-82(2,3)139-79(133)127-43-37-115(38-44-127)67-94-58(85)91-64(103-67)112-13-19-118(20-14-112)70-97-61(88-10-52-136-55-49-130)100-73(106-70)121-25-31-124(32-26-121)76-109-77(125-33-27-122(28-34-125)74-101-62(89-11-53-137-56-50-131)98-71(107-74)119-21-15-113(16-22-119)65-92-59(86)95-68(104-65)116-39-45-128(46-40-116)80(134)140-83(4,5)6)111-78(110-76)126-35-29-123(30-36-126)75-102-63(90-12-54-138-57-51-132)99-72(108-75)120-23-17-114(18-24-120)66-93-60(87)96-69(105-66)117-41-47-129(48-42-117)81(135)141-84(7,8)9/h130-132H,10-57H2,1-9H3,(H,88,97,100,106)(H,89,98,101,107)(H,90,99,102,108). The number of aromatic nitrogens is 21. The Morgan fingerprint density at radius 1 is 0.227 bits per heavy atom. The highest BCUT2D eigenvalue weighted by Gasteiger charge is 2.38. The van der Waals surface area contributed by atoms with E-state index in [0.29, 0.717) is 382 Å². The monoisotopic (exact) mass is 2020 g/mol. The van der Waals surface area contributed by atoms with Gasteiger partial charge in [-0.3, -0.25) is 0 Å². The number of ether oxygens (including phenoxy) is 6. The van der Waals surface area contributed by atoms with Crippen LogP contribution in [-0.2, 0) is 28.4 Å². The second-order valence-corrected chi connectivity index (χ2v) is 38.6. The summed E-state index contributed by atoms with van der Waals surface area (Å²) in [6.07, 6.45) is -1.09. The van der Waals surface area contributed by atoms with Crippen molar-refractivity contribution in [3.63, 3.8) is 0 Å². The Morgan fingerprint density at radius 3 is 0.504 bits per heavy atom. The van der Waals surface area contributed by atoms with Crippen LogP contribution < -0.4 is 89.4 Å². The molecule has 7 aromatic heterocycles. The third kappa shape index (κ3) is 27.8. The number of hydrogen-bond acceptors (Lipinski definition) is 51. The van der Waals surface area contributed by atoms with E-state index in [2.05, 4.69) is 105 Å². The fourth-order valence-electron chi connectivity index (χ4n) is 16.8. The Labute approximate surface area is 832 Å². The van der Waals surface area contributed by atoms with Gasteiger partial charge in [-0.2, -0.15) is 105 Å². The molecule has 3 amide bonds. The van der Waals surface area contributed by atoms with E-state index in [1.54, 1.807) is 14.7 Å². The predicted molar refractivity (Wildman–Crippen MR) is 530 cm³/mol. The number of amides is 3. The number of nitrogens with zero attached hydrogens (tertiary/aromatic N) is 39. The fraction of sp³-hybridized carbons (Fsp3) is 0.714. The molecule has 16 rings (SSSR count).